The molecule has 1 atom stereocenters. The number of fused-ring (bicyclic) bond motifs is 1. The topological polar surface area (TPSA) is 104 Å². The summed E-state index contributed by atoms with van der Waals surface area (Å²) in [4.78, 5) is 36.9. The summed E-state index contributed by atoms with van der Waals surface area (Å²) >= 11 is 0. The summed E-state index contributed by atoms with van der Waals surface area (Å²) < 4.78 is 21.6. The minimum atomic E-state index is -0.769. The van der Waals surface area contributed by atoms with Gasteiger partial charge in [-0.25, -0.2) is 9.59 Å². The molecule has 0 saturated carbocycles. The first-order valence-corrected chi connectivity index (χ1v) is 10.8. The third-order valence-corrected chi connectivity index (χ3v) is 5.37. The molecular weight excluding hydrogens is 426 g/mol. The second-order valence-electron chi connectivity index (χ2n) is 8.02. The first-order valence-electron chi connectivity index (χ1n) is 10.8. The van der Waals surface area contributed by atoms with E-state index >= 15 is 0 Å². The van der Waals surface area contributed by atoms with Gasteiger partial charge in [0, 0.05) is 24.6 Å². The maximum Gasteiger partial charge on any atom is 0.349 e. The molecule has 172 valence electrons. The summed E-state index contributed by atoms with van der Waals surface area (Å²) in [5, 5.41) is 3.24. The van der Waals surface area contributed by atoms with E-state index in [-0.39, 0.29) is 29.6 Å². The smallest absolute Gasteiger partial charge is 0.349 e. The monoisotopic (exact) mass is 451 g/mol. The van der Waals surface area contributed by atoms with Crippen molar-refractivity contribution >= 4 is 22.8 Å². The van der Waals surface area contributed by atoms with Crippen molar-refractivity contribution < 1.29 is 28.2 Å². The zero-order chi connectivity index (χ0) is 23.4. The molecule has 2 aromatic carbocycles. The van der Waals surface area contributed by atoms with Gasteiger partial charge in [-0.3, -0.25) is 4.79 Å². The highest BCUT2D eigenvalue weighted by molar-refractivity contribution is 5.96. The number of hydrogen-bond donors (Lipinski definition) is 1. The number of rotatable bonds is 7. The molecule has 33 heavy (non-hydrogen) atoms. The maximum atomic E-state index is 12.4. The van der Waals surface area contributed by atoms with Crippen LogP contribution < -0.4 is 20.4 Å². The second kappa shape index (κ2) is 9.87. The van der Waals surface area contributed by atoms with E-state index in [2.05, 4.69) is 5.32 Å². The highest BCUT2D eigenvalue weighted by Crippen LogP contribution is 2.22. The van der Waals surface area contributed by atoms with Crippen molar-refractivity contribution in [2.24, 2.45) is 0 Å². The molecule has 1 unspecified atom stereocenters. The van der Waals surface area contributed by atoms with Gasteiger partial charge in [-0.15, -0.1) is 0 Å². The number of aryl methyl sites for hydroxylation is 2. The Kier molecular flexibility index (Phi) is 6.74. The Hall–Kier alpha value is -3.65. The first kappa shape index (κ1) is 22.5. The Bertz CT molecular complexity index is 1240. The number of nitrogens with one attached hydrogen (secondary N) is 1. The molecule has 0 aliphatic carbocycles. The predicted molar refractivity (Wildman–Crippen MR) is 121 cm³/mol. The van der Waals surface area contributed by atoms with E-state index in [1.54, 1.807) is 18.2 Å². The van der Waals surface area contributed by atoms with Gasteiger partial charge in [-0.05, 0) is 56.5 Å². The van der Waals surface area contributed by atoms with Crippen LogP contribution in [0.4, 0.5) is 0 Å². The van der Waals surface area contributed by atoms with Gasteiger partial charge in [-0.1, -0.05) is 17.7 Å². The lowest BCUT2D eigenvalue weighted by Crippen LogP contribution is -2.34. The number of ether oxygens (including phenoxy) is 3. The van der Waals surface area contributed by atoms with E-state index in [1.165, 1.54) is 12.1 Å². The molecule has 0 bridgehead atoms. The van der Waals surface area contributed by atoms with E-state index in [4.69, 9.17) is 18.6 Å². The van der Waals surface area contributed by atoms with Crippen LogP contribution in [0.1, 0.15) is 34.3 Å². The molecule has 0 spiro atoms. The molecule has 1 aliphatic heterocycles. The lowest BCUT2D eigenvalue weighted by atomic mass is 10.1. The van der Waals surface area contributed by atoms with E-state index in [9.17, 15) is 14.4 Å². The van der Waals surface area contributed by atoms with Crippen molar-refractivity contribution in [2.45, 2.75) is 32.8 Å². The molecule has 8 nitrogen and oxygen atoms in total. The zero-order valence-corrected chi connectivity index (χ0v) is 18.5. The van der Waals surface area contributed by atoms with Gasteiger partial charge in [0.15, 0.2) is 6.61 Å². The average Bonchev–Trinajstić information content (AvgIpc) is 3.30. The van der Waals surface area contributed by atoms with Crippen molar-refractivity contribution in [1.29, 1.82) is 0 Å². The van der Waals surface area contributed by atoms with Gasteiger partial charge >= 0.3 is 11.6 Å². The maximum absolute atomic E-state index is 12.4. The fourth-order valence-corrected chi connectivity index (χ4v) is 3.68. The van der Waals surface area contributed by atoms with Crippen LogP contribution in [0, 0.1) is 13.8 Å². The second-order valence-corrected chi connectivity index (χ2v) is 8.02. The van der Waals surface area contributed by atoms with Crippen LogP contribution in [0.3, 0.4) is 0 Å². The number of carbonyl (C=O) groups excluding carboxylic acids is 2. The fourth-order valence-electron chi connectivity index (χ4n) is 3.68. The Morgan fingerprint density at radius 2 is 1.97 bits per heavy atom. The third-order valence-electron chi connectivity index (χ3n) is 5.37. The zero-order valence-electron chi connectivity index (χ0n) is 18.5. The summed E-state index contributed by atoms with van der Waals surface area (Å²) in [5.41, 5.74) is 1.37. The highest BCUT2D eigenvalue weighted by Gasteiger charge is 2.19. The van der Waals surface area contributed by atoms with Crippen molar-refractivity contribution in [3.8, 4) is 11.5 Å². The van der Waals surface area contributed by atoms with E-state index < -0.39 is 17.5 Å². The molecule has 1 aromatic heterocycles. The van der Waals surface area contributed by atoms with Gasteiger partial charge in [0.2, 0.25) is 0 Å². The number of esters is 1. The number of carbonyl (C=O) groups is 2. The van der Waals surface area contributed by atoms with E-state index in [1.807, 2.05) is 26.0 Å². The molecule has 1 aliphatic rings. The lowest BCUT2D eigenvalue weighted by molar-refractivity contribution is -0.136. The molecule has 1 amide bonds. The minimum absolute atomic E-state index is 0.0300. The summed E-state index contributed by atoms with van der Waals surface area (Å²) in [5.74, 6) is -0.301. The predicted octanol–water partition coefficient (Wildman–Crippen LogP) is 3.30. The summed E-state index contributed by atoms with van der Waals surface area (Å²) in [7, 11) is 0. The first-order chi connectivity index (χ1) is 15.9. The van der Waals surface area contributed by atoms with Gasteiger partial charge in [0.25, 0.3) is 5.91 Å². The Morgan fingerprint density at radius 3 is 2.73 bits per heavy atom. The number of amides is 1. The lowest BCUT2D eigenvalue weighted by Gasteiger charge is -2.11. The molecule has 1 saturated heterocycles. The Labute approximate surface area is 190 Å². The van der Waals surface area contributed by atoms with Crippen molar-refractivity contribution in [1.82, 2.24) is 5.32 Å². The van der Waals surface area contributed by atoms with Crippen LogP contribution in [0.5, 0.6) is 11.5 Å². The van der Waals surface area contributed by atoms with Gasteiger partial charge in [0.1, 0.15) is 22.6 Å². The van der Waals surface area contributed by atoms with Gasteiger partial charge in [0.05, 0.1) is 6.10 Å². The summed E-state index contributed by atoms with van der Waals surface area (Å²) in [6, 6.07) is 11.7. The largest absolute Gasteiger partial charge is 0.482 e. The van der Waals surface area contributed by atoms with Crippen LogP contribution in [-0.2, 0) is 9.53 Å². The molecule has 1 N–H and O–H groups in total. The molecule has 1 fully saturated rings. The molecule has 2 heterocycles. The van der Waals surface area contributed by atoms with Gasteiger partial charge < -0.3 is 23.9 Å². The van der Waals surface area contributed by atoms with Crippen molar-refractivity contribution in [3.63, 3.8) is 0 Å². The van der Waals surface area contributed by atoms with Crippen molar-refractivity contribution in [3.05, 3.63) is 69.6 Å². The SMILES string of the molecule is Cc1ccc(OCC(=O)Oc2ccc3cc(C(=O)NCC4CCCO4)c(=O)oc3c2)c(C)c1. The Morgan fingerprint density at radius 1 is 1.12 bits per heavy atom. The highest BCUT2D eigenvalue weighted by atomic mass is 16.6. The number of hydrogen-bond acceptors (Lipinski definition) is 7. The minimum Gasteiger partial charge on any atom is -0.482 e. The van der Waals surface area contributed by atoms with Crippen LogP contribution in [-0.4, -0.2) is 37.7 Å². The Balaban J connectivity index is 1.40. The van der Waals surface area contributed by atoms with Crippen LogP contribution >= 0.6 is 0 Å². The number of benzene rings is 2. The van der Waals surface area contributed by atoms with E-state index in [0.717, 1.165) is 24.0 Å². The molecule has 0 radical (unpaired) electrons. The molecule has 4 rings (SSSR count). The quantitative estimate of drug-likeness (QED) is 0.334. The van der Waals surface area contributed by atoms with Crippen LogP contribution in [0.2, 0.25) is 0 Å². The van der Waals surface area contributed by atoms with Crippen molar-refractivity contribution in [2.75, 3.05) is 19.8 Å². The van der Waals surface area contributed by atoms with Gasteiger partial charge in [-0.2, -0.15) is 0 Å². The average molecular weight is 451 g/mol. The molecule has 8 heteroatoms. The van der Waals surface area contributed by atoms with Crippen LogP contribution in [0.25, 0.3) is 11.0 Å². The normalized spacial score (nSPS) is 15.4. The third kappa shape index (κ3) is 5.59. The van der Waals surface area contributed by atoms with Crippen LogP contribution in [0.15, 0.2) is 51.7 Å². The van der Waals surface area contributed by atoms with E-state index in [0.29, 0.717) is 24.3 Å². The fraction of sp³-hybridized carbons (Fsp3) is 0.320. The molecule has 3 aromatic rings. The summed E-state index contributed by atoms with van der Waals surface area (Å²) in [6.45, 7) is 4.63. The molecular formula is C25H25NO7. The standard InChI is InChI=1S/C25H25NO7/c1-15-5-8-21(16(2)10-15)31-14-23(27)32-18-7-6-17-11-20(25(29)33-22(17)12-18)24(28)26-13-19-4-3-9-30-19/h5-8,10-12,19H,3-4,9,13-14H2,1-2H3,(H,26,28). The summed E-state index contributed by atoms with van der Waals surface area (Å²) in [6.07, 6.45) is 1.81.